The summed E-state index contributed by atoms with van der Waals surface area (Å²) in [6.45, 7) is 5.97. The van der Waals surface area contributed by atoms with Crippen molar-refractivity contribution in [3.8, 4) is 0 Å². The number of carbonyl (C=O) groups is 4. The lowest BCUT2D eigenvalue weighted by Crippen LogP contribution is -2.61. The summed E-state index contributed by atoms with van der Waals surface area (Å²) >= 11 is 0. The molecular weight excluding hydrogens is 474 g/mol. The molecular formula is C27H39N5O5. The molecule has 0 bridgehead atoms. The van der Waals surface area contributed by atoms with Crippen LogP contribution in [0.25, 0.3) is 0 Å². The molecule has 2 heterocycles. The third-order valence-electron chi connectivity index (χ3n) is 8.31. The third kappa shape index (κ3) is 5.93. The van der Waals surface area contributed by atoms with E-state index in [1.54, 1.807) is 0 Å². The minimum absolute atomic E-state index is 0.0426. The van der Waals surface area contributed by atoms with E-state index in [4.69, 9.17) is 0 Å². The van der Waals surface area contributed by atoms with E-state index in [9.17, 15) is 24.3 Å². The zero-order valence-electron chi connectivity index (χ0n) is 22.0. The van der Waals surface area contributed by atoms with E-state index < -0.39 is 41.3 Å². The van der Waals surface area contributed by atoms with E-state index in [0.717, 1.165) is 51.4 Å². The lowest BCUT2D eigenvalue weighted by atomic mass is 9.82. The highest BCUT2D eigenvalue weighted by Gasteiger charge is 2.52. The highest BCUT2D eigenvalue weighted by Crippen LogP contribution is 2.43. The Balaban J connectivity index is 1.56. The average molecular weight is 514 g/mol. The van der Waals surface area contributed by atoms with Gasteiger partial charge in [-0.15, -0.1) is 0 Å². The molecule has 2 aliphatic carbocycles. The number of amides is 3. The van der Waals surface area contributed by atoms with Crippen molar-refractivity contribution in [1.29, 1.82) is 0 Å². The van der Waals surface area contributed by atoms with Gasteiger partial charge in [-0.05, 0) is 48.9 Å². The third-order valence-corrected chi connectivity index (χ3v) is 8.31. The van der Waals surface area contributed by atoms with Gasteiger partial charge in [0.2, 0.25) is 11.8 Å². The zero-order chi connectivity index (χ0) is 26.7. The summed E-state index contributed by atoms with van der Waals surface area (Å²) in [7, 11) is 0. The number of fused-ring (bicyclic) bond motifs is 1. The Hall–Kier alpha value is -3.04. The van der Waals surface area contributed by atoms with Crippen LogP contribution >= 0.6 is 0 Å². The molecule has 3 fully saturated rings. The molecule has 1 aromatic heterocycles. The summed E-state index contributed by atoms with van der Waals surface area (Å²) in [4.78, 5) is 62.2. The molecule has 1 saturated heterocycles. The van der Waals surface area contributed by atoms with Crippen molar-refractivity contribution >= 4 is 23.7 Å². The number of nitrogens with zero attached hydrogens (tertiary/aromatic N) is 3. The van der Waals surface area contributed by atoms with Gasteiger partial charge in [0.1, 0.15) is 23.8 Å². The number of carbonyl (C=O) groups excluding carboxylic acids is 3. The van der Waals surface area contributed by atoms with Crippen molar-refractivity contribution in [2.75, 3.05) is 6.54 Å². The molecule has 10 nitrogen and oxygen atoms in total. The topological polar surface area (TPSA) is 142 Å². The van der Waals surface area contributed by atoms with Crippen LogP contribution in [0.3, 0.4) is 0 Å². The molecule has 3 N–H and O–H groups in total. The second-order valence-electron chi connectivity index (χ2n) is 11.9. The van der Waals surface area contributed by atoms with Crippen LogP contribution < -0.4 is 10.6 Å². The van der Waals surface area contributed by atoms with E-state index in [0.29, 0.717) is 6.54 Å². The molecule has 1 aromatic rings. The van der Waals surface area contributed by atoms with Crippen LogP contribution in [-0.4, -0.2) is 68.3 Å². The molecule has 10 heteroatoms. The van der Waals surface area contributed by atoms with Crippen molar-refractivity contribution in [3.05, 3.63) is 24.3 Å². The molecule has 0 aromatic carbocycles. The van der Waals surface area contributed by atoms with Gasteiger partial charge in [-0.25, -0.2) is 9.78 Å². The number of nitrogens with one attached hydrogen (secondary N) is 2. The molecule has 3 unspecified atom stereocenters. The van der Waals surface area contributed by atoms with Gasteiger partial charge >= 0.3 is 5.97 Å². The second-order valence-corrected chi connectivity index (χ2v) is 11.9. The fraction of sp³-hybridized carbons (Fsp3) is 0.704. The number of carboxylic acids is 1. The van der Waals surface area contributed by atoms with Gasteiger partial charge in [-0.2, -0.15) is 0 Å². The number of hydrogen-bond donors (Lipinski definition) is 3. The molecule has 5 atom stereocenters. The van der Waals surface area contributed by atoms with Crippen molar-refractivity contribution < 1.29 is 24.3 Å². The Morgan fingerprint density at radius 1 is 1.00 bits per heavy atom. The summed E-state index contributed by atoms with van der Waals surface area (Å²) in [5, 5.41) is 15.8. The van der Waals surface area contributed by atoms with Crippen molar-refractivity contribution in [2.24, 2.45) is 23.2 Å². The summed E-state index contributed by atoms with van der Waals surface area (Å²) in [6.07, 6.45) is 11.5. The van der Waals surface area contributed by atoms with Crippen LogP contribution in [-0.2, 0) is 14.4 Å². The highest BCUT2D eigenvalue weighted by molar-refractivity contribution is 5.97. The van der Waals surface area contributed by atoms with E-state index in [2.05, 4.69) is 20.6 Å². The molecule has 2 saturated carbocycles. The minimum atomic E-state index is -0.988. The van der Waals surface area contributed by atoms with Gasteiger partial charge in [0, 0.05) is 18.9 Å². The van der Waals surface area contributed by atoms with E-state index >= 15 is 0 Å². The van der Waals surface area contributed by atoms with Gasteiger partial charge in [0.25, 0.3) is 5.91 Å². The second kappa shape index (κ2) is 11.1. The Labute approximate surface area is 218 Å². The predicted molar refractivity (Wildman–Crippen MR) is 135 cm³/mol. The van der Waals surface area contributed by atoms with E-state index in [1.807, 2.05) is 20.8 Å². The smallest absolute Gasteiger partial charge is 0.326 e. The fourth-order valence-electron chi connectivity index (χ4n) is 6.39. The minimum Gasteiger partial charge on any atom is -0.480 e. The number of likely N-dealkylation sites (tertiary alicyclic amines) is 1. The number of aromatic nitrogens is 2. The SMILES string of the molecule is CC(C)(C)[C@H](NC(=O)[C@@H](NC(=O)c1cnccn1)C1CCCCC1)C(=O)N1CC2CCCC2C1C(=O)O. The zero-order valence-corrected chi connectivity index (χ0v) is 22.0. The van der Waals surface area contributed by atoms with Crippen LogP contribution in [0.1, 0.15) is 82.6 Å². The molecule has 37 heavy (non-hydrogen) atoms. The van der Waals surface area contributed by atoms with Crippen molar-refractivity contribution in [1.82, 2.24) is 25.5 Å². The van der Waals surface area contributed by atoms with E-state index in [1.165, 1.54) is 23.5 Å². The van der Waals surface area contributed by atoms with E-state index in [-0.39, 0.29) is 29.4 Å². The first-order valence-corrected chi connectivity index (χ1v) is 13.5. The first-order valence-electron chi connectivity index (χ1n) is 13.5. The Kier molecular flexibility index (Phi) is 8.14. The lowest BCUT2D eigenvalue weighted by molar-refractivity contribution is -0.152. The average Bonchev–Trinajstić information content (AvgIpc) is 3.47. The summed E-state index contributed by atoms with van der Waals surface area (Å²) in [5.74, 6) is -2.20. The summed E-state index contributed by atoms with van der Waals surface area (Å²) in [6, 6.07) is -2.63. The molecule has 0 spiro atoms. The van der Waals surface area contributed by atoms with Crippen LogP contribution in [0, 0.1) is 23.2 Å². The molecule has 202 valence electrons. The van der Waals surface area contributed by atoms with Gasteiger partial charge in [0.15, 0.2) is 0 Å². The Morgan fingerprint density at radius 3 is 2.35 bits per heavy atom. The summed E-state index contributed by atoms with van der Waals surface area (Å²) < 4.78 is 0. The molecule has 3 amide bonds. The monoisotopic (exact) mass is 513 g/mol. The van der Waals surface area contributed by atoms with Crippen LogP contribution in [0.4, 0.5) is 0 Å². The number of aliphatic carboxylic acids is 1. The molecule has 3 aliphatic rings. The van der Waals surface area contributed by atoms with Gasteiger partial charge in [0.05, 0.1) is 6.20 Å². The normalized spacial score (nSPS) is 25.7. The standard InChI is InChI=1S/C27H39N5O5/c1-27(2,3)22(25(35)32-15-17-10-7-11-18(17)21(32)26(36)37)31-24(34)20(16-8-5-4-6-9-16)30-23(33)19-14-28-12-13-29-19/h12-14,16-18,20-22H,4-11,15H2,1-3H3,(H,30,33)(H,31,34)(H,36,37)/t17?,18?,20-,21?,22+/m0/s1. The number of hydrogen-bond acceptors (Lipinski definition) is 6. The van der Waals surface area contributed by atoms with Crippen LogP contribution in [0.15, 0.2) is 18.6 Å². The maximum Gasteiger partial charge on any atom is 0.326 e. The van der Waals surface area contributed by atoms with Gasteiger partial charge in [-0.3, -0.25) is 19.4 Å². The van der Waals surface area contributed by atoms with Crippen molar-refractivity contribution in [3.63, 3.8) is 0 Å². The maximum absolute atomic E-state index is 13.9. The Bertz CT molecular complexity index is 1000. The Morgan fingerprint density at radius 2 is 1.73 bits per heavy atom. The van der Waals surface area contributed by atoms with Gasteiger partial charge < -0.3 is 20.6 Å². The quantitative estimate of drug-likeness (QED) is 0.508. The highest BCUT2D eigenvalue weighted by atomic mass is 16.4. The summed E-state index contributed by atoms with van der Waals surface area (Å²) in [5.41, 5.74) is -0.549. The molecule has 0 radical (unpaired) electrons. The first kappa shape index (κ1) is 27.0. The van der Waals surface area contributed by atoms with Crippen LogP contribution in [0.2, 0.25) is 0 Å². The lowest BCUT2D eigenvalue weighted by Gasteiger charge is -2.37. The first-order chi connectivity index (χ1) is 17.6. The van der Waals surface area contributed by atoms with Gasteiger partial charge in [-0.1, -0.05) is 46.5 Å². The fourth-order valence-corrected chi connectivity index (χ4v) is 6.39. The number of carboxylic acid groups (broad SMARTS) is 1. The van der Waals surface area contributed by atoms with Crippen molar-refractivity contribution in [2.45, 2.75) is 90.3 Å². The maximum atomic E-state index is 13.9. The predicted octanol–water partition coefficient (Wildman–Crippen LogP) is 2.40. The molecule has 4 rings (SSSR count). The molecule has 1 aliphatic heterocycles. The van der Waals surface area contributed by atoms with Crippen LogP contribution in [0.5, 0.6) is 0 Å². The largest absolute Gasteiger partial charge is 0.480 e. The number of rotatable bonds is 7.